The smallest absolute Gasteiger partial charge is 0.252 e. The molecule has 8 heterocycles. The van der Waals surface area contributed by atoms with Gasteiger partial charge in [-0.15, -0.1) is 0 Å². The highest BCUT2D eigenvalue weighted by Gasteiger charge is 2.52. The van der Waals surface area contributed by atoms with Gasteiger partial charge in [-0.3, -0.25) is 18.7 Å². The second-order valence-corrected chi connectivity index (χ2v) is 16.0. The molecule has 6 aromatic rings. The van der Waals surface area contributed by atoms with Crippen LogP contribution >= 0.6 is 0 Å². The average molecular weight is 849 g/mol. The lowest BCUT2D eigenvalue weighted by Gasteiger charge is -2.51. The third-order valence-corrected chi connectivity index (χ3v) is 12.7. The first-order valence-electron chi connectivity index (χ1n) is 20.7. The molecule has 2 amide bonds. The molecule has 4 aliphatic rings. The van der Waals surface area contributed by atoms with Gasteiger partial charge in [-0.05, 0) is 75.6 Å². The van der Waals surface area contributed by atoms with Gasteiger partial charge in [-0.25, -0.2) is 37.5 Å². The first-order chi connectivity index (χ1) is 29.9. The number of anilines is 4. The summed E-state index contributed by atoms with van der Waals surface area (Å²) in [6.45, 7) is 5.54. The Morgan fingerprint density at radius 2 is 0.952 bits per heavy atom. The molecule has 0 saturated carbocycles. The third-order valence-electron chi connectivity index (χ3n) is 12.7. The zero-order valence-electron chi connectivity index (χ0n) is 34.7. The van der Waals surface area contributed by atoms with Crippen molar-refractivity contribution in [3.05, 3.63) is 96.8 Å². The molecule has 10 rings (SSSR count). The molecule has 0 bridgehead atoms. The minimum atomic E-state index is -0.683. The summed E-state index contributed by atoms with van der Waals surface area (Å²) in [6.07, 6.45) is 16.5. The largest absolute Gasteiger partial charge is 0.340 e. The third kappa shape index (κ3) is 6.53. The normalized spacial score (nSPS) is 20.6. The first-order valence-corrected chi connectivity index (χ1v) is 20.7. The summed E-state index contributed by atoms with van der Waals surface area (Å²) in [5.41, 5.74) is 0.676. The number of piperidine rings is 2. The fourth-order valence-electron chi connectivity index (χ4n) is 9.56. The molecule has 320 valence electrons. The van der Waals surface area contributed by atoms with Gasteiger partial charge in [0.25, 0.3) is 11.8 Å². The van der Waals surface area contributed by atoms with Crippen LogP contribution in [0.4, 0.5) is 40.6 Å². The van der Waals surface area contributed by atoms with Gasteiger partial charge in [-0.1, -0.05) is 13.8 Å². The number of likely N-dealkylation sites (N-methyl/N-ethyl adjacent to an activating group) is 2. The molecule has 0 unspecified atom stereocenters. The Hall–Kier alpha value is -6.72. The van der Waals surface area contributed by atoms with Gasteiger partial charge >= 0.3 is 0 Å². The standard InChI is InChI=1S/2C22H22F2N6O/c2*1-3-22-6-4-5-8-30(22)19-17(28(2)20(22)31)13-26-21(27-19)29-9-7-25-18(29)14-10-15(23)12-16(24)11-14/h2*7,9-13H,3-6,8H2,1-2H3/t2*22-/m10/s1. The van der Waals surface area contributed by atoms with Gasteiger partial charge in [0.05, 0.1) is 12.4 Å². The number of rotatable bonds is 6. The predicted octanol–water partition coefficient (Wildman–Crippen LogP) is 7.45. The Morgan fingerprint density at radius 1 is 0.565 bits per heavy atom. The Balaban J connectivity index is 0.000000158. The predicted molar refractivity (Wildman–Crippen MR) is 224 cm³/mol. The highest BCUT2D eigenvalue weighted by Crippen LogP contribution is 2.46. The van der Waals surface area contributed by atoms with E-state index < -0.39 is 34.3 Å². The summed E-state index contributed by atoms with van der Waals surface area (Å²) < 4.78 is 58.3. The zero-order chi connectivity index (χ0) is 43.5. The van der Waals surface area contributed by atoms with Gasteiger partial charge in [0.1, 0.15) is 57.4 Å². The fourth-order valence-corrected chi connectivity index (χ4v) is 9.56. The van der Waals surface area contributed by atoms with Gasteiger partial charge in [0.15, 0.2) is 11.6 Å². The molecule has 0 aliphatic carbocycles. The van der Waals surface area contributed by atoms with E-state index >= 15 is 0 Å². The molecular formula is C44H44F4N12O2. The van der Waals surface area contributed by atoms with E-state index in [2.05, 4.69) is 29.7 Å². The Morgan fingerprint density at radius 3 is 1.32 bits per heavy atom. The van der Waals surface area contributed by atoms with Crippen molar-refractivity contribution >= 4 is 34.8 Å². The number of hydrogen-bond acceptors (Lipinski definition) is 10. The summed E-state index contributed by atoms with van der Waals surface area (Å²) >= 11 is 0. The molecule has 4 aromatic heterocycles. The Bertz CT molecular complexity index is 2500. The number of halogens is 4. The number of amides is 2. The number of imidazole rings is 2. The molecule has 62 heavy (non-hydrogen) atoms. The van der Waals surface area contributed by atoms with Gasteiger partial charge in [0, 0.05) is 75.2 Å². The van der Waals surface area contributed by atoms with Crippen molar-refractivity contribution in [1.82, 2.24) is 39.0 Å². The summed E-state index contributed by atoms with van der Waals surface area (Å²) in [4.78, 5) is 61.0. The van der Waals surface area contributed by atoms with Crippen LogP contribution in [-0.4, -0.2) is 89.1 Å². The fraction of sp³-hybridized carbons (Fsp3) is 0.364. The summed E-state index contributed by atoms with van der Waals surface area (Å²) in [5, 5.41) is 0. The molecule has 0 spiro atoms. The minimum absolute atomic E-state index is 0.0668. The summed E-state index contributed by atoms with van der Waals surface area (Å²) in [5.74, 6) is 0.108. The Kier molecular flexibility index (Phi) is 10.3. The maximum atomic E-state index is 13.8. The molecule has 14 nitrogen and oxygen atoms in total. The van der Waals surface area contributed by atoms with E-state index in [1.165, 1.54) is 36.7 Å². The lowest BCUT2D eigenvalue weighted by Crippen LogP contribution is -2.64. The van der Waals surface area contributed by atoms with Crippen LogP contribution in [0.25, 0.3) is 34.7 Å². The summed E-state index contributed by atoms with van der Waals surface area (Å²) in [7, 11) is 3.51. The van der Waals surface area contributed by atoms with E-state index in [4.69, 9.17) is 9.97 Å². The Labute approximate surface area is 354 Å². The highest BCUT2D eigenvalue weighted by atomic mass is 19.1. The van der Waals surface area contributed by atoms with Crippen LogP contribution in [0.3, 0.4) is 0 Å². The minimum Gasteiger partial charge on any atom is -0.340 e. The van der Waals surface area contributed by atoms with Crippen LogP contribution < -0.4 is 19.6 Å². The van der Waals surface area contributed by atoms with Crippen molar-refractivity contribution in [2.75, 3.05) is 46.8 Å². The van der Waals surface area contributed by atoms with Crippen LogP contribution in [0.2, 0.25) is 0 Å². The molecule has 0 radical (unpaired) electrons. The maximum absolute atomic E-state index is 13.8. The second kappa shape index (κ2) is 15.6. The number of nitrogens with zero attached hydrogens (tertiary/aromatic N) is 12. The van der Waals surface area contributed by atoms with Crippen LogP contribution in [0, 0.1) is 23.3 Å². The molecule has 2 fully saturated rings. The van der Waals surface area contributed by atoms with Crippen molar-refractivity contribution < 1.29 is 27.2 Å². The number of carbonyl (C=O) groups is 2. The summed E-state index contributed by atoms with van der Waals surface area (Å²) in [6, 6.07) is 6.53. The van der Waals surface area contributed by atoms with Gasteiger partial charge < -0.3 is 19.6 Å². The van der Waals surface area contributed by atoms with E-state index in [-0.39, 0.29) is 22.9 Å². The molecule has 2 aromatic carbocycles. The molecule has 2 saturated heterocycles. The van der Waals surface area contributed by atoms with E-state index in [9.17, 15) is 27.2 Å². The van der Waals surface area contributed by atoms with Crippen molar-refractivity contribution in [3.8, 4) is 34.7 Å². The van der Waals surface area contributed by atoms with E-state index in [0.717, 1.165) is 63.7 Å². The van der Waals surface area contributed by atoms with Crippen molar-refractivity contribution in [3.63, 3.8) is 0 Å². The number of carbonyl (C=O) groups excluding carboxylic acids is 2. The van der Waals surface area contributed by atoms with Gasteiger partial charge in [-0.2, -0.15) is 9.97 Å². The first kappa shape index (κ1) is 40.7. The number of hydrogen-bond donors (Lipinski definition) is 0. The highest BCUT2D eigenvalue weighted by molar-refractivity contribution is 6.08. The number of aromatic nitrogens is 8. The van der Waals surface area contributed by atoms with Crippen LogP contribution in [0.15, 0.2) is 73.6 Å². The number of fused-ring (bicyclic) bond motifs is 6. The molecule has 2 atom stereocenters. The zero-order valence-corrected chi connectivity index (χ0v) is 34.7. The average Bonchev–Trinajstić information content (AvgIpc) is 3.98. The van der Waals surface area contributed by atoms with E-state index in [1.54, 1.807) is 57.8 Å². The van der Waals surface area contributed by atoms with Crippen LogP contribution in [-0.2, 0) is 9.59 Å². The molecule has 18 heteroatoms. The van der Waals surface area contributed by atoms with Crippen molar-refractivity contribution in [2.24, 2.45) is 0 Å². The van der Waals surface area contributed by atoms with Crippen LogP contribution in [0.5, 0.6) is 0 Å². The second-order valence-electron chi connectivity index (χ2n) is 16.0. The topological polar surface area (TPSA) is 134 Å². The quantitative estimate of drug-likeness (QED) is 0.156. The van der Waals surface area contributed by atoms with Crippen molar-refractivity contribution in [2.45, 2.75) is 76.3 Å². The van der Waals surface area contributed by atoms with E-state index in [0.29, 0.717) is 59.4 Å². The lowest BCUT2D eigenvalue weighted by atomic mass is 9.81. The monoisotopic (exact) mass is 848 g/mol. The molecule has 0 N–H and O–H groups in total. The molecule has 4 aliphatic heterocycles. The SMILES string of the molecule is CC[C@@]12CCCCN1c1nc(-n3ccnc3-c3cc(F)cc(F)c3)ncc1N(C)C2=O.CC[C@]12CCCCN1c1nc(-n3ccnc3-c3cc(F)cc(F)c3)ncc1N(C)C2=O. The number of benzene rings is 2. The van der Waals surface area contributed by atoms with Crippen LogP contribution in [0.1, 0.15) is 65.2 Å². The van der Waals surface area contributed by atoms with Crippen molar-refractivity contribution in [1.29, 1.82) is 0 Å². The van der Waals surface area contributed by atoms with E-state index in [1.807, 2.05) is 13.8 Å². The lowest BCUT2D eigenvalue weighted by molar-refractivity contribution is -0.125. The maximum Gasteiger partial charge on any atom is 0.252 e. The van der Waals surface area contributed by atoms with Gasteiger partial charge in [0.2, 0.25) is 11.9 Å². The molecular weight excluding hydrogens is 805 g/mol.